The summed E-state index contributed by atoms with van der Waals surface area (Å²) in [6.07, 6.45) is 1.33. The average Bonchev–Trinajstić information content (AvgIpc) is 2.41. The number of carbonyl (C=O) groups is 1. The summed E-state index contributed by atoms with van der Waals surface area (Å²) in [6, 6.07) is 7.25. The third-order valence-electron chi connectivity index (χ3n) is 3.00. The molecule has 1 N–H and O–H groups in total. The lowest BCUT2D eigenvalue weighted by atomic mass is 10.0. The van der Waals surface area contributed by atoms with Crippen molar-refractivity contribution in [2.75, 3.05) is 0 Å². The van der Waals surface area contributed by atoms with Crippen molar-refractivity contribution in [1.29, 1.82) is 0 Å². The summed E-state index contributed by atoms with van der Waals surface area (Å²) in [6.45, 7) is 6.06. The average molecular weight is 272 g/mol. The number of carboxylic acids is 1. The summed E-state index contributed by atoms with van der Waals surface area (Å²) >= 11 is 0. The number of rotatable bonds is 4. The highest BCUT2D eigenvalue weighted by molar-refractivity contribution is 5.90. The minimum atomic E-state index is -1.09. The predicted octanol–water partition coefficient (Wildman–Crippen LogP) is 3.40. The summed E-state index contributed by atoms with van der Waals surface area (Å²) in [5.41, 5.74) is 2.03. The van der Waals surface area contributed by atoms with Gasteiger partial charge in [0.1, 0.15) is 11.3 Å². The number of nitrogens with zero attached hydrogens (tertiary/aromatic N) is 2. The Morgan fingerprint density at radius 1 is 1.30 bits per heavy atom. The molecule has 5 nitrogen and oxygen atoms in total. The van der Waals surface area contributed by atoms with Gasteiger partial charge in [-0.05, 0) is 36.1 Å². The Labute approximate surface area is 117 Å². The Morgan fingerprint density at radius 2 is 2.05 bits per heavy atom. The van der Waals surface area contributed by atoms with Crippen molar-refractivity contribution >= 4 is 5.97 Å². The van der Waals surface area contributed by atoms with Crippen LogP contribution in [0.4, 0.5) is 0 Å². The number of carboxylic acid groups (broad SMARTS) is 1. The molecule has 1 aromatic heterocycles. The van der Waals surface area contributed by atoms with Crippen molar-refractivity contribution in [2.45, 2.75) is 26.7 Å². The number of hydrogen-bond acceptors (Lipinski definition) is 4. The Hall–Kier alpha value is -2.43. The van der Waals surface area contributed by atoms with Crippen molar-refractivity contribution in [3.05, 3.63) is 47.2 Å². The molecule has 1 aromatic carbocycles. The molecule has 0 amide bonds. The van der Waals surface area contributed by atoms with Crippen LogP contribution in [0.2, 0.25) is 0 Å². The van der Waals surface area contributed by atoms with Gasteiger partial charge in [-0.2, -0.15) is 5.10 Å². The van der Waals surface area contributed by atoms with Crippen LogP contribution in [0.25, 0.3) is 0 Å². The van der Waals surface area contributed by atoms with E-state index in [-0.39, 0.29) is 11.4 Å². The number of aromatic nitrogens is 2. The molecule has 0 aliphatic rings. The molecule has 104 valence electrons. The molecule has 0 aliphatic heterocycles. The van der Waals surface area contributed by atoms with Gasteiger partial charge in [-0.25, -0.2) is 4.79 Å². The van der Waals surface area contributed by atoms with Gasteiger partial charge in [-0.3, -0.25) is 0 Å². The molecule has 20 heavy (non-hydrogen) atoms. The lowest BCUT2D eigenvalue weighted by Gasteiger charge is -2.12. The molecule has 1 heterocycles. The minimum absolute atomic E-state index is 0.00371. The Kier molecular flexibility index (Phi) is 3.98. The minimum Gasteiger partial charge on any atom is -0.477 e. The topological polar surface area (TPSA) is 72.3 Å². The van der Waals surface area contributed by atoms with Gasteiger partial charge in [0, 0.05) is 0 Å². The lowest BCUT2D eigenvalue weighted by molar-refractivity contribution is 0.0693. The van der Waals surface area contributed by atoms with Gasteiger partial charge >= 0.3 is 5.97 Å². The summed E-state index contributed by atoms with van der Waals surface area (Å²) in [7, 11) is 0. The lowest BCUT2D eigenvalue weighted by Crippen LogP contribution is -2.03. The molecule has 5 heteroatoms. The van der Waals surface area contributed by atoms with Gasteiger partial charge in [-0.15, -0.1) is 5.10 Å². The maximum absolute atomic E-state index is 11.1. The van der Waals surface area contributed by atoms with E-state index in [1.165, 1.54) is 12.3 Å². The maximum Gasteiger partial charge on any atom is 0.341 e. The van der Waals surface area contributed by atoms with E-state index in [1.807, 2.05) is 25.1 Å². The van der Waals surface area contributed by atoms with Crippen LogP contribution in [0.5, 0.6) is 11.6 Å². The van der Waals surface area contributed by atoms with Crippen LogP contribution >= 0.6 is 0 Å². The molecule has 0 saturated carbocycles. The SMILES string of the molecule is Cc1ccc(C(C)C)cc1Oc1nnccc1C(=O)O. The molecule has 0 spiro atoms. The quantitative estimate of drug-likeness (QED) is 0.923. The van der Waals surface area contributed by atoms with Crippen molar-refractivity contribution in [2.24, 2.45) is 0 Å². The van der Waals surface area contributed by atoms with Crippen LogP contribution in [0.3, 0.4) is 0 Å². The van der Waals surface area contributed by atoms with Crippen molar-refractivity contribution in [3.63, 3.8) is 0 Å². The van der Waals surface area contributed by atoms with Gasteiger partial charge in [0.2, 0.25) is 0 Å². The first-order valence-electron chi connectivity index (χ1n) is 6.32. The highest BCUT2D eigenvalue weighted by atomic mass is 16.5. The van der Waals surface area contributed by atoms with Gasteiger partial charge in [0.25, 0.3) is 5.88 Å². The first kappa shape index (κ1) is 14.0. The molecule has 0 aliphatic carbocycles. The first-order chi connectivity index (χ1) is 9.49. The van der Waals surface area contributed by atoms with Crippen LogP contribution in [0, 0.1) is 6.92 Å². The first-order valence-corrected chi connectivity index (χ1v) is 6.32. The molecule has 2 rings (SSSR count). The molecule has 0 atom stereocenters. The third-order valence-corrected chi connectivity index (χ3v) is 3.00. The number of hydrogen-bond donors (Lipinski definition) is 1. The van der Waals surface area contributed by atoms with Crippen LogP contribution < -0.4 is 4.74 Å². The fourth-order valence-electron chi connectivity index (χ4n) is 1.75. The zero-order valence-corrected chi connectivity index (χ0v) is 11.6. The normalized spacial score (nSPS) is 10.6. The van der Waals surface area contributed by atoms with Gasteiger partial charge < -0.3 is 9.84 Å². The summed E-state index contributed by atoms with van der Waals surface area (Å²) in [5, 5.41) is 16.5. The molecular formula is C15H16N2O3. The van der Waals surface area contributed by atoms with Crippen molar-refractivity contribution in [1.82, 2.24) is 10.2 Å². The second-order valence-corrected chi connectivity index (χ2v) is 4.84. The Bertz CT molecular complexity index is 639. The van der Waals surface area contributed by atoms with E-state index in [2.05, 4.69) is 24.0 Å². The largest absolute Gasteiger partial charge is 0.477 e. The fourth-order valence-corrected chi connectivity index (χ4v) is 1.75. The zero-order valence-electron chi connectivity index (χ0n) is 11.6. The maximum atomic E-state index is 11.1. The highest BCUT2D eigenvalue weighted by Crippen LogP contribution is 2.29. The zero-order chi connectivity index (χ0) is 14.7. The Balaban J connectivity index is 2.40. The van der Waals surface area contributed by atoms with E-state index in [1.54, 1.807) is 0 Å². The summed E-state index contributed by atoms with van der Waals surface area (Å²) in [5.74, 6) is -0.130. The fraction of sp³-hybridized carbons (Fsp3) is 0.267. The van der Waals surface area contributed by atoms with Crippen molar-refractivity contribution < 1.29 is 14.6 Å². The van der Waals surface area contributed by atoms with E-state index in [0.717, 1.165) is 11.1 Å². The molecule has 0 bridgehead atoms. The smallest absolute Gasteiger partial charge is 0.341 e. The van der Waals surface area contributed by atoms with Gasteiger partial charge in [0.15, 0.2) is 0 Å². The molecule has 0 saturated heterocycles. The highest BCUT2D eigenvalue weighted by Gasteiger charge is 2.15. The van der Waals surface area contributed by atoms with Crippen LogP contribution in [0.15, 0.2) is 30.5 Å². The van der Waals surface area contributed by atoms with E-state index in [0.29, 0.717) is 11.7 Å². The molecule has 0 fully saturated rings. The van der Waals surface area contributed by atoms with E-state index in [4.69, 9.17) is 9.84 Å². The standard InChI is InChI=1S/C15H16N2O3/c1-9(2)11-5-4-10(3)13(8-11)20-14-12(15(18)19)6-7-16-17-14/h4-9H,1-3H3,(H,18,19). The number of aromatic carboxylic acids is 1. The predicted molar refractivity (Wildman–Crippen MR) is 74.3 cm³/mol. The summed E-state index contributed by atoms with van der Waals surface area (Å²) in [4.78, 5) is 11.1. The monoisotopic (exact) mass is 272 g/mol. The van der Waals surface area contributed by atoms with Gasteiger partial charge in [0.05, 0.1) is 6.20 Å². The van der Waals surface area contributed by atoms with Crippen molar-refractivity contribution in [3.8, 4) is 11.6 Å². The third kappa shape index (κ3) is 2.93. The second-order valence-electron chi connectivity index (χ2n) is 4.84. The molecule has 0 unspecified atom stereocenters. The molecular weight excluding hydrogens is 256 g/mol. The summed E-state index contributed by atoms with van der Waals surface area (Å²) < 4.78 is 5.64. The van der Waals surface area contributed by atoms with Crippen LogP contribution in [-0.2, 0) is 0 Å². The molecule has 0 radical (unpaired) electrons. The second kappa shape index (κ2) is 5.69. The number of aryl methyl sites for hydroxylation is 1. The van der Waals surface area contributed by atoms with E-state index >= 15 is 0 Å². The number of ether oxygens (including phenoxy) is 1. The van der Waals surface area contributed by atoms with E-state index < -0.39 is 5.97 Å². The van der Waals surface area contributed by atoms with Crippen LogP contribution in [0.1, 0.15) is 41.3 Å². The van der Waals surface area contributed by atoms with E-state index in [9.17, 15) is 4.79 Å². The van der Waals surface area contributed by atoms with Crippen LogP contribution in [-0.4, -0.2) is 21.3 Å². The number of benzene rings is 1. The van der Waals surface area contributed by atoms with Gasteiger partial charge in [-0.1, -0.05) is 26.0 Å². The Morgan fingerprint density at radius 3 is 2.70 bits per heavy atom. The molecule has 2 aromatic rings.